The average Bonchev–Trinajstić information content (AvgIpc) is 2.42. The average molecular weight is 291 g/mol. The summed E-state index contributed by atoms with van der Waals surface area (Å²) in [5, 5.41) is 3.37. The molecule has 0 bridgehead atoms. The van der Waals surface area contributed by atoms with E-state index in [2.05, 4.69) is 65.1 Å². The van der Waals surface area contributed by atoms with Crippen molar-refractivity contribution in [3.8, 4) is 0 Å². The molecule has 0 amide bonds. The molecule has 0 heterocycles. The van der Waals surface area contributed by atoms with Gasteiger partial charge in [0, 0.05) is 12.6 Å². The Labute approximate surface area is 131 Å². The predicted octanol–water partition coefficient (Wildman–Crippen LogP) is 4.49. The van der Waals surface area contributed by atoms with Crippen LogP contribution in [0.5, 0.6) is 0 Å². The van der Waals surface area contributed by atoms with E-state index in [9.17, 15) is 0 Å². The maximum atomic E-state index is 5.74. The van der Waals surface area contributed by atoms with Crippen molar-refractivity contribution in [2.75, 3.05) is 19.8 Å². The summed E-state index contributed by atoms with van der Waals surface area (Å²) in [5.74, 6) is 1.16. The van der Waals surface area contributed by atoms with Crippen LogP contribution in [-0.2, 0) is 11.2 Å². The number of hydrogen-bond donors (Lipinski definition) is 1. The van der Waals surface area contributed by atoms with E-state index in [4.69, 9.17) is 4.74 Å². The lowest BCUT2D eigenvalue weighted by Crippen LogP contribution is -2.26. The minimum atomic E-state index is 0.532. The van der Waals surface area contributed by atoms with Crippen LogP contribution in [0, 0.1) is 0 Å². The second-order valence-electron chi connectivity index (χ2n) is 6.74. The van der Waals surface area contributed by atoms with Crippen molar-refractivity contribution in [2.24, 2.45) is 0 Å². The molecule has 0 saturated heterocycles. The van der Waals surface area contributed by atoms with Crippen molar-refractivity contribution in [3.05, 3.63) is 34.9 Å². The van der Waals surface area contributed by atoms with E-state index in [1.165, 1.54) is 16.7 Å². The first-order valence-electron chi connectivity index (χ1n) is 8.35. The Hall–Kier alpha value is -0.860. The molecule has 1 rings (SSSR count). The van der Waals surface area contributed by atoms with E-state index in [0.717, 1.165) is 26.2 Å². The molecule has 0 aromatic heterocycles. The van der Waals surface area contributed by atoms with Gasteiger partial charge in [0.25, 0.3) is 0 Å². The van der Waals surface area contributed by atoms with Gasteiger partial charge in [-0.25, -0.2) is 0 Å². The number of nitrogens with one attached hydrogen (secondary N) is 1. The predicted molar refractivity (Wildman–Crippen MR) is 92.3 cm³/mol. The topological polar surface area (TPSA) is 21.3 Å². The highest BCUT2D eigenvalue weighted by Gasteiger charge is 2.09. The summed E-state index contributed by atoms with van der Waals surface area (Å²) >= 11 is 0. The zero-order valence-corrected chi connectivity index (χ0v) is 14.7. The molecule has 0 saturated carbocycles. The first-order valence-corrected chi connectivity index (χ1v) is 8.35. The van der Waals surface area contributed by atoms with E-state index >= 15 is 0 Å². The van der Waals surface area contributed by atoms with Gasteiger partial charge in [-0.1, -0.05) is 59.7 Å². The van der Waals surface area contributed by atoms with E-state index in [-0.39, 0.29) is 0 Å². The highest BCUT2D eigenvalue weighted by atomic mass is 16.5. The van der Waals surface area contributed by atoms with Crippen LogP contribution in [0.25, 0.3) is 0 Å². The maximum Gasteiger partial charge on any atom is 0.0591 e. The molecular weight excluding hydrogens is 258 g/mol. The van der Waals surface area contributed by atoms with Gasteiger partial charge >= 0.3 is 0 Å². The third-order valence-corrected chi connectivity index (χ3v) is 3.77. The normalized spacial score (nSPS) is 11.9. The lowest BCUT2D eigenvalue weighted by molar-refractivity contribution is 0.137. The lowest BCUT2D eigenvalue weighted by Gasteiger charge is -2.16. The summed E-state index contributed by atoms with van der Waals surface area (Å²) in [5.41, 5.74) is 4.35. The van der Waals surface area contributed by atoms with Crippen LogP contribution >= 0.6 is 0 Å². The van der Waals surface area contributed by atoms with Crippen LogP contribution in [0.1, 0.15) is 70.1 Å². The van der Waals surface area contributed by atoms with Gasteiger partial charge in [-0.15, -0.1) is 0 Å². The third kappa shape index (κ3) is 6.62. The summed E-state index contributed by atoms with van der Waals surface area (Å²) in [6.45, 7) is 15.9. The summed E-state index contributed by atoms with van der Waals surface area (Å²) < 4.78 is 5.74. The van der Waals surface area contributed by atoms with E-state index < -0.39 is 0 Å². The fourth-order valence-corrected chi connectivity index (χ4v) is 2.44. The molecule has 2 nitrogen and oxygen atoms in total. The van der Waals surface area contributed by atoms with E-state index in [1.54, 1.807) is 0 Å². The molecule has 0 radical (unpaired) electrons. The number of benzene rings is 1. The number of rotatable bonds is 9. The summed E-state index contributed by atoms with van der Waals surface area (Å²) in [4.78, 5) is 0. The van der Waals surface area contributed by atoms with Crippen molar-refractivity contribution in [2.45, 2.75) is 65.8 Å². The quantitative estimate of drug-likeness (QED) is 0.677. The molecule has 1 N–H and O–H groups in total. The van der Waals surface area contributed by atoms with Crippen molar-refractivity contribution in [1.29, 1.82) is 0 Å². The first-order chi connectivity index (χ1) is 9.91. The Bertz CT molecular complexity index is 410. The zero-order valence-electron chi connectivity index (χ0n) is 14.7. The van der Waals surface area contributed by atoms with Gasteiger partial charge in [-0.05, 0) is 34.9 Å². The van der Waals surface area contributed by atoms with Gasteiger partial charge in [-0.3, -0.25) is 0 Å². The molecule has 1 aromatic carbocycles. The zero-order chi connectivity index (χ0) is 15.8. The van der Waals surface area contributed by atoms with Crippen LogP contribution in [0.15, 0.2) is 18.2 Å². The van der Waals surface area contributed by atoms with Crippen molar-refractivity contribution < 1.29 is 4.74 Å². The molecule has 0 aliphatic rings. The maximum absolute atomic E-state index is 5.74. The minimum Gasteiger partial charge on any atom is -0.380 e. The fraction of sp³-hybridized carbons (Fsp3) is 0.684. The van der Waals surface area contributed by atoms with E-state index in [0.29, 0.717) is 17.9 Å². The lowest BCUT2D eigenvalue weighted by atomic mass is 9.90. The van der Waals surface area contributed by atoms with Crippen LogP contribution < -0.4 is 5.32 Å². The van der Waals surface area contributed by atoms with Crippen LogP contribution in [-0.4, -0.2) is 25.8 Å². The van der Waals surface area contributed by atoms with Crippen LogP contribution in [0.3, 0.4) is 0 Å². The Balaban J connectivity index is 2.50. The van der Waals surface area contributed by atoms with Gasteiger partial charge in [0.15, 0.2) is 0 Å². The second kappa shape index (κ2) is 9.22. The van der Waals surface area contributed by atoms with Gasteiger partial charge in [0.2, 0.25) is 0 Å². The molecule has 21 heavy (non-hydrogen) atoms. The largest absolute Gasteiger partial charge is 0.380 e. The Morgan fingerprint density at radius 2 is 1.67 bits per heavy atom. The van der Waals surface area contributed by atoms with Crippen molar-refractivity contribution >= 4 is 0 Å². The minimum absolute atomic E-state index is 0.532. The Kier molecular flexibility index (Phi) is 7.98. The van der Waals surface area contributed by atoms with Crippen LogP contribution in [0.2, 0.25) is 0 Å². The molecule has 0 unspecified atom stereocenters. The smallest absolute Gasteiger partial charge is 0.0591 e. The standard InChI is InChI=1S/C19H33NO/c1-14(2)18-8-7-17(19(13-18)15(3)4)9-11-21-12-10-20-16(5)6/h7-8,13-16,20H,9-12H2,1-6H3. The third-order valence-electron chi connectivity index (χ3n) is 3.77. The molecule has 0 aliphatic heterocycles. The number of ether oxygens (including phenoxy) is 1. The molecule has 0 fully saturated rings. The van der Waals surface area contributed by atoms with Gasteiger partial charge in [0.1, 0.15) is 0 Å². The molecule has 0 atom stereocenters. The Morgan fingerprint density at radius 1 is 0.952 bits per heavy atom. The van der Waals surface area contributed by atoms with Gasteiger partial charge in [-0.2, -0.15) is 0 Å². The van der Waals surface area contributed by atoms with Crippen molar-refractivity contribution in [1.82, 2.24) is 5.32 Å². The molecule has 0 spiro atoms. The summed E-state index contributed by atoms with van der Waals surface area (Å²) in [6, 6.07) is 7.47. The fourth-order valence-electron chi connectivity index (χ4n) is 2.44. The second-order valence-corrected chi connectivity index (χ2v) is 6.74. The monoisotopic (exact) mass is 291 g/mol. The number of hydrogen-bond acceptors (Lipinski definition) is 2. The van der Waals surface area contributed by atoms with Crippen molar-refractivity contribution in [3.63, 3.8) is 0 Å². The molecule has 120 valence electrons. The molecule has 0 aliphatic carbocycles. The summed E-state index contributed by atoms with van der Waals surface area (Å²) in [6.07, 6.45) is 1.01. The van der Waals surface area contributed by atoms with Gasteiger partial charge in [0.05, 0.1) is 13.2 Å². The van der Waals surface area contributed by atoms with E-state index in [1.807, 2.05) is 0 Å². The summed E-state index contributed by atoms with van der Waals surface area (Å²) in [7, 11) is 0. The van der Waals surface area contributed by atoms with Gasteiger partial charge < -0.3 is 10.1 Å². The molecule has 1 aromatic rings. The molecular formula is C19H33NO. The SMILES string of the molecule is CC(C)NCCOCCc1ccc(C(C)C)cc1C(C)C. The highest BCUT2D eigenvalue weighted by molar-refractivity contribution is 5.35. The first kappa shape index (κ1) is 18.2. The molecule has 2 heteroatoms. The Morgan fingerprint density at radius 3 is 2.24 bits per heavy atom. The highest BCUT2D eigenvalue weighted by Crippen LogP contribution is 2.25. The van der Waals surface area contributed by atoms with Crippen LogP contribution in [0.4, 0.5) is 0 Å².